The molecule has 1 aromatic rings. The van der Waals surface area contributed by atoms with E-state index in [1.807, 2.05) is 0 Å². The number of phenols is 1. The third kappa shape index (κ3) is 6.29. The van der Waals surface area contributed by atoms with Gasteiger partial charge in [-0.25, -0.2) is 4.79 Å². The molecule has 0 aliphatic carbocycles. The Morgan fingerprint density at radius 3 is 2.67 bits per heavy atom. The summed E-state index contributed by atoms with van der Waals surface area (Å²) in [6.07, 6.45) is 4.29. The van der Waals surface area contributed by atoms with E-state index in [4.69, 9.17) is 4.74 Å². The third-order valence-electron chi connectivity index (χ3n) is 3.06. The molecule has 0 saturated carbocycles. The first-order valence-electron chi connectivity index (χ1n) is 7.28. The highest BCUT2D eigenvalue weighted by Crippen LogP contribution is 2.19. The van der Waals surface area contributed by atoms with Gasteiger partial charge in [0.25, 0.3) is 5.91 Å². The molecule has 0 spiro atoms. The number of nitrogens with one attached hydrogen (secondary N) is 1. The minimum absolute atomic E-state index is 0.0661. The topological polar surface area (TPSA) is 75.6 Å². The van der Waals surface area contributed by atoms with Crippen molar-refractivity contribution in [1.29, 1.82) is 0 Å². The molecule has 5 heteroatoms. The zero-order valence-electron chi connectivity index (χ0n) is 12.6. The van der Waals surface area contributed by atoms with Gasteiger partial charge in [-0.3, -0.25) is 4.79 Å². The number of hydrogen-bond donors (Lipinski definition) is 2. The van der Waals surface area contributed by atoms with Crippen molar-refractivity contribution in [2.45, 2.75) is 39.5 Å². The molecule has 0 aliphatic rings. The standard InChI is InChI=1S/C16H23NO4/c1-3-4-5-6-9-17-15(19)11-21-16(20)13-8-7-12(2)10-14(13)18/h7-8,10,18H,3-6,9,11H2,1-2H3,(H,17,19). The summed E-state index contributed by atoms with van der Waals surface area (Å²) in [4.78, 5) is 23.2. The second kappa shape index (κ2) is 9.00. The monoisotopic (exact) mass is 293 g/mol. The molecule has 2 N–H and O–H groups in total. The number of phenolic OH excluding ortho intramolecular Hbond substituents is 1. The summed E-state index contributed by atoms with van der Waals surface area (Å²) >= 11 is 0. The van der Waals surface area contributed by atoms with E-state index in [1.54, 1.807) is 13.0 Å². The molecule has 0 heterocycles. The largest absolute Gasteiger partial charge is 0.507 e. The highest BCUT2D eigenvalue weighted by Gasteiger charge is 2.14. The number of hydrogen-bond acceptors (Lipinski definition) is 4. The second-order valence-corrected chi connectivity index (χ2v) is 5.01. The summed E-state index contributed by atoms with van der Waals surface area (Å²) < 4.78 is 4.88. The van der Waals surface area contributed by atoms with E-state index in [1.165, 1.54) is 12.1 Å². The van der Waals surface area contributed by atoms with E-state index >= 15 is 0 Å². The SMILES string of the molecule is CCCCCCNC(=O)COC(=O)c1ccc(C)cc1O. The van der Waals surface area contributed by atoms with E-state index in [9.17, 15) is 14.7 Å². The number of benzene rings is 1. The van der Waals surface area contributed by atoms with Crippen molar-refractivity contribution in [2.24, 2.45) is 0 Å². The smallest absolute Gasteiger partial charge is 0.342 e. The molecule has 1 amide bonds. The number of ether oxygens (including phenoxy) is 1. The molecule has 21 heavy (non-hydrogen) atoms. The molecule has 0 atom stereocenters. The van der Waals surface area contributed by atoms with Gasteiger partial charge in [-0.15, -0.1) is 0 Å². The molecule has 0 unspecified atom stereocenters. The van der Waals surface area contributed by atoms with Crippen LogP contribution in [0.25, 0.3) is 0 Å². The van der Waals surface area contributed by atoms with Crippen molar-refractivity contribution in [3.8, 4) is 5.75 Å². The van der Waals surface area contributed by atoms with Crippen molar-refractivity contribution in [3.63, 3.8) is 0 Å². The molecule has 0 aliphatic heterocycles. The van der Waals surface area contributed by atoms with Gasteiger partial charge >= 0.3 is 5.97 Å². The Labute approximate surface area is 125 Å². The number of aryl methyl sites for hydroxylation is 1. The molecular formula is C16H23NO4. The average molecular weight is 293 g/mol. The Morgan fingerprint density at radius 1 is 1.24 bits per heavy atom. The predicted molar refractivity (Wildman–Crippen MR) is 80.3 cm³/mol. The van der Waals surface area contributed by atoms with Crippen molar-refractivity contribution >= 4 is 11.9 Å². The lowest BCUT2D eigenvalue weighted by atomic mass is 10.1. The number of rotatable bonds is 8. The van der Waals surface area contributed by atoms with E-state index < -0.39 is 5.97 Å². The Morgan fingerprint density at radius 2 is 2.00 bits per heavy atom. The number of carbonyl (C=O) groups excluding carboxylic acids is 2. The maximum atomic E-state index is 11.7. The first kappa shape index (κ1) is 17.0. The fourth-order valence-electron chi connectivity index (χ4n) is 1.85. The molecule has 5 nitrogen and oxygen atoms in total. The quantitative estimate of drug-likeness (QED) is 0.570. The van der Waals surface area contributed by atoms with Crippen LogP contribution in [-0.4, -0.2) is 30.1 Å². The lowest BCUT2D eigenvalue weighted by Crippen LogP contribution is -2.29. The summed E-state index contributed by atoms with van der Waals surface area (Å²) in [5, 5.41) is 12.3. The fourth-order valence-corrected chi connectivity index (χ4v) is 1.85. The van der Waals surface area contributed by atoms with Crippen LogP contribution in [0.15, 0.2) is 18.2 Å². The van der Waals surface area contributed by atoms with Gasteiger partial charge in [-0.1, -0.05) is 32.3 Å². The Kier molecular flexibility index (Phi) is 7.29. The van der Waals surface area contributed by atoms with Gasteiger partial charge in [0, 0.05) is 6.54 Å². The highest BCUT2D eigenvalue weighted by atomic mass is 16.5. The zero-order chi connectivity index (χ0) is 15.7. The van der Waals surface area contributed by atoms with Crippen molar-refractivity contribution in [3.05, 3.63) is 29.3 Å². The van der Waals surface area contributed by atoms with Crippen LogP contribution < -0.4 is 5.32 Å². The van der Waals surface area contributed by atoms with Gasteiger partial charge in [-0.05, 0) is 31.0 Å². The van der Waals surface area contributed by atoms with E-state index in [-0.39, 0.29) is 23.8 Å². The first-order chi connectivity index (χ1) is 10.0. The van der Waals surface area contributed by atoms with Gasteiger partial charge in [0.1, 0.15) is 11.3 Å². The minimum Gasteiger partial charge on any atom is -0.507 e. The predicted octanol–water partition coefficient (Wildman–Crippen LogP) is 2.55. The molecule has 0 aromatic heterocycles. The van der Waals surface area contributed by atoms with E-state index in [0.29, 0.717) is 6.54 Å². The van der Waals surface area contributed by atoms with Crippen LogP contribution in [0.3, 0.4) is 0 Å². The minimum atomic E-state index is -0.700. The first-order valence-corrected chi connectivity index (χ1v) is 7.28. The van der Waals surface area contributed by atoms with E-state index in [0.717, 1.165) is 31.2 Å². The average Bonchev–Trinajstić information content (AvgIpc) is 2.44. The zero-order valence-corrected chi connectivity index (χ0v) is 12.6. The molecule has 0 fully saturated rings. The van der Waals surface area contributed by atoms with Gasteiger partial charge in [0.15, 0.2) is 6.61 Å². The molecule has 0 saturated heterocycles. The van der Waals surface area contributed by atoms with Crippen LogP contribution in [0.2, 0.25) is 0 Å². The second-order valence-electron chi connectivity index (χ2n) is 5.01. The van der Waals surface area contributed by atoms with Crippen LogP contribution in [0.1, 0.15) is 48.5 Å². The summed E-state index contributed by atoms with van der Waals surface area (Å²) in [5.74, 6) is -1.17. The molecule has 116 valence electrons. The normalized spacial score (nSPS) is 10.2. The van der Waals surface area contributed by atoms with Gasteiger partial charge in [0.05, 0.1) is 0 Å². The summed E-state index contributed by atoms with van der Waals surface area (Å²) in [6.45, 7) is 4.19. The fraction of sp³-hybridized carbons (Fsp3) is 0.500. The van der Waals surface area contributed by atoms with Crippen LogP contribution >= 0.6 is 0 Å². The van der Waals surface area contributed by atoms with Gasteiger partial charge in [-0.2, -0.15) is 0 Å². The Balaban J connectivity index is 2.30. The number of unbranched alkanes of at least 4 members (excludes halogenated alkanes) is 3. The molecule has 1 aromatic carbocycles. The van der Waals surface area contributed by atoms with Crippen LogP contribution in [-0.2, 0) is 9.53 Å². The van der Waals surface area contributed by atoms with Gasteiger partial charge < -0.3 is 15.2 Å². The number of esters is 1. The van der Waals surface area contributed by atoms with Crippen molar-refractivity contribution < 1.29 is 19.4 Å². The summed E-state index contributed by atoms with van der Waals surface area (Å²) in [6, 6.07) is 4.66. The maximum absolute atomic E-state index is 11.7. The molecule has 1 rings (SSSR count). The lowest BCUT2D eigenvalue weighted by molar-refractivity contribution is -0.124. The maximum Gasteiger partial charge on any atom is 0.342 e. The van der Waals surface area contributed by atoms with Crippen molar-refractivity contribution in [1.82, 2.24) is 5.32 Å². The third-order valence-corrected chi connectivity index (χ3v) is 3.06. The Hall–Kier alpha value is -2.04. The van der Waals surface area contributed by atoms with Crippen molar-refractivity contribution in [2.75, 3.05) is 13.2 Å². The molecular weight excluding hydrogens is 270 g/mol. The summed E-state index contributed by atoms with van der Waals surface area (Å²) in [5.41, 5.74) is 0.908. The van der Waals surface area contributed by atoms with Crippen LogP contribution in [0, 0.1) is 6.92 Å². The molecule has 0 radical (unpaired) electrons. The van der Waals surface area contributed by atoms with E-state index in [2.05, 4.69) is 12.2 Å². The lowest BCUT2D eigenvalue weighted by Gasteiger charge is -2.08. The van der Waals surface area contributed by atoms with Crippen LogP contribution in [0.5, 0.6) is 5.75 Å². The molecule has 0 bridgehead atoms. The Bertz CT molecular complexity index is 485. The van der Waals surface area contributed by atoms with Crippen LogP contribution in [0.4, 0.5) is 0 Å². The number of aromatic hydroxyl groups is 1. The van der Waals surface area contributed by atoms with Gasteiger partial charge in [0.2, 0.25) is 0 Å². The number of carbonyl (C=O) groups is 2. The summed E-state index contributed by atoms with van der Waals surface area (Å²) in [7, 11) is 0. The number of amides is 1. The highest BCUT2D eigenvalue weighted by molar-refractivity contribution is 5.93.